The molecule has 4 rings (SSSR count). The van der Waals surface area contributed by atoms with E-state index in [4.69, 9.17) is 0 Å². The summed E-state index contributed by atoms with van der Waals surface area (Å²) in [5.41, 5.74) is 1.45. The van der Waals surface area contributed by atoms with E-state index in [2.05, 4.69) is 24.5 Å². The van der Waals surface area contributed by atoms with Crippen molar-refractivity contribution in [1.82, 2.24) is 10.6 Å². The predicted octanol–water partition coefficient (Wildman–Crippen LogP) is 6.28. The first-order valence-corrected chi connectivity index (χ1v) is 16.4. The summed E-state index contributed by atoms with van der Waals surface area (Å²) >= 11 is 0. The van der Waals surface area contributed by atoms with Crippen molar-refractivity contribution in [2.24, 2.45) is 0 Å². The third-order valence-corrected chi connectivity index (χ3v) is 11.5. The minimum absolute atomic E-state index is 0.230. The molecule has 212 valence electrons. The molecule has 2 N–H and O–H groups in total. The molecule has 4 aromatic carbocycles. The lowest BCUT2D eigenvalue weighted by atomic mass is 10.3. The van der Waals surface area contributed by atoms with E-state index in [-0.39, 0.29) is 12.1 Å². The number of anilines is 2. The van der Waals surface area contributed by atoms with Crippen LogP contribution >= 0.6 is 0 Å². The number of amides is 4. The van der Waals surface area contributed by atoms with Crippen LogP contribution in [0.5, 0.6) is 0 Å². The number of carbonyl (C=O) groups excluding carboxylic acids is 2. The van der Waals surface area contributed by atoms with Crippen molar-refractivity contribution in [3.63, 3.8) is 0 Å². The fourth-order valence-electron chi connectivity index (χ4n) is 5.08. The van der Waals surface area contributed by atoms with Crippen LogP contribution in [0.15, 0.2) is 121 Å². The topological polar surface area (TPSA) is 64.7 Å². The lowest BCUT2D eigenvalue weighted by molar-refractivity contribution is 0.248. The molecular weight excluding hydrogens is 524 g/mol. The average molecular weight is 565 g/mol. The Morgan fingerprint density at radius 2 is 0.854 bits per heavy atom. The maximum absolute atomic E-state index is 14.5. The van der Waals surface area contributed by atoms with Gasteiger partial charge >= 0.3 is 20.5 Å². The van der Waals surface area contributed by atoms with E-state index >= 15 is 0 Å². The zero-order valence-corrected chi connectivity index (χ0v) is 25.0. The van der Waals surface area contributed by atoms with Gasteiger partial charge in [-0.05, 0) is 47.5 Å². The molecule has 0 spiro atoms. The van der Waals surface area contributed by atoms with Gasteiger partial charge in [-0.25, -0.2) is 9.59 Å². The van der Waals surface area contributed by atoms with Crippen LogP contribution in [0, 0.1) is 0 Å². The number of rotatable bonds is 12. The van der Waals surface area contributed by atoms with E-state index in [0.29, 0.717) is 13.1 Å². The summed E-state index contributed by atoms with van der Waals surface area (Å²) in [7, 11) is -3.69. The highest BCUT2D eigenvalue weighted by Gasteiger charge is 2.55. The summed E-state index contributed by atoms with van der Waals surface area (Å²) in [5, 5.41) is 8.20. The maximum atomic E-state index is 14.5. The van der Waals surface area contributed by atoms with E-state index in [9.17, 15) is 9.59 Å². The van der Waals surface area contributed by atoms with Gasteiger partial charge in [-0.1, -0.05) is 124 Å². The first-order valence-electron chi connectivity index (χ1n) is 14.5. The number of carbonyl (C=O) groups is 2. The van der Waals surface area contributed by atoms with Crippen molar-refractivity contribution < 1.29 is 9.59 Å². The van der Waals surface area contributed by atoms with Gasteiger partial charge in [0.15, 0.2) is 0 Å². The monoisotopic (exact) mass is 564 g/mol. The lowest BCUT2D eigenvalue weighted by Crippen LogP contribution is -2.84. The molecule has 0 aliphatic carbocycles. The van der Waals surface area contributed by atoms with Crippen LogP contribution in [0.25, 0.3) is 0 Å². The summed E-state index contributed by atoms with van der Waals surface area (Å²) in [6.45, 7) is 5.29. The van der Waals surface area contributed by atoms with Crippen LogP contribution in [0.2, 0.25) is 0 Å². The number of urea groups is 2. The van der Waals surface area contributed by atoms with E-state index in [1.54, 1.807) is 0 Å². The van der Waals surface area contributed by atoms with Gasteiger partial charge in [0.25, 0.3) is 0 Å². The second-order valence-corrected chi connectivity index (χ2v) is 13.3. The van der Waals surface area contributed by atoms with Crippen LogP contribution in [0.4, 0.5) is 21.0 Å². The second-order valence-electron chi connectivity index (χ2n) is 9.92. The molecule has 0 bridgehead atoms. The Labute approximate surface area is 245 Å². The Kier molecular flexibility index (Phi) is 10.7. The molecule has 0 aliphatic rings. The van der Waals surface area contributed by atoms with Gasteiger partial charge in [-0.15, -0.1) is 0 Å². The molecule has 41 heavy (non-hydrogen) atoms. The molecule has 0 saturated carbocycles. The molecular formula is C34H40N4O2Si. The summed E-state index contributed by atoms with van der Waals surface area (Å²) < 4.78 is 3.75. The molecule has 0 unspecified atom stereocenters. The highest BCUT2D eigenvalue weighted by molar-refractivity contribution is 7.10. The van der Waals surface area contributed by atoms with Crippen molar-refractivity contribution in [2.75, 3.05) is 22.2 Å². The van der Waals surface area contributed by atoms with E-state index < -0.39 is 8.40 Å². The van der Waals surface area contributed by atoms with Gasteiger partial charge in [0, 0.05) is 24.5 Å². The van der Waals surface area contributed by atoms with Gasteiger partial charge in [0.1, 0.15) is 0 Å². The number of para-hydroxylation sites is 2. The third kappa shape index (κ3) is 6.69. The second kappa shape index (κ2) is 14.9. The molecule has 4 aromatic rings. The number of hydrogen-bond acceptors (Lipinski definition) is 2. The van der Waals surface area contributed by atoms with Crippen molar-refractivity contribution in [3.05, 3.63) is 121 Å². The number of unbranched alkanes of at least 4 members (excludes halogenated alkanes) is 2. The van der Waals surface area contributed by atoms with Crippen molar-refractivity contribution in [2.45, 2.75) is 39.5 Å². The van der Waals surface area contributed by atoms with Gasteiger partial charge in [-0.3, -0.25) is 9.13 Å². The van der Waals surface area contributed by atoms with E-state index in [0.717, 1.165) is 47.4 Å². The fourth-order valence-corrected chi connectivity index (χ4v) is 9.75. The van der Waals surface area contributed by atoms with Gasteiger partial charge in [-0.2, -0.15) is 0 Å². The van der Waals surface area contributed by atoms with Crippen LogP contribution in [0.3, 0.4) is 0 Å². The molecule has 6 nitrogen and oxygen atoms in total. The summed E-state index contributed by atoms with van der Waals surface area (Å²) in [5.74, 6) is 0. The Morgan fingerprint density at radius 3 is 1.17 bits per heavy atom. The quantitative estimate of drug-likeness (QED) is 0.157. The lowest BCUT2D eigenvalue weighted by Gasteiger charge is -2.48. The Hall–Kier alpha value is -4.36. The SMILES string of the molecule is CCCCNC(=O)N(c1ccccc1)[Si](c1ccccc1)(c1ccccc1)N(C(=O)NCCCC)c1ccccc1. The number of benzene rings is 4. The smallest absolute Gasteiger partial charge is 0.338 e. The van der Waals surface area contributed by atoms with Crippen LogP contribution < -0.4 is 30.1 Å². The zero-order valence-electron chi connectivity index (χ0n) is 24.0. The summed E-state index contributed by atoms with van der Waals surface area (Å²) in [6, 6.07) is 39.0. The average Bonchev–Trinajstić information content (AvgIpc) is 3.03. The number of hydrogen-bond donors (Lipinski definition) is 2. The zero-order chi connectivity index (χ0) is 28.9. The largest absolute Gasteiger partial charge is 0.347 e. The third-order valence-electron chi connectivity index (χ3n) is 7.05. The van der Waals surface area contributed by atoms with E-state index in [1.807, 2.05) is 130 Å². The molecule has 0 radical (unpaired) electrons. The van der Waals surface area contributed by atoms with E-state index in [1.165, 1.54) is 0 Å². The molecule has 7 heteroatoms. The maximum Gasteiger partial charge on any atom is 0.347 e. The number of nitrogens with zero attached hydrogens (tertiary/aromatic N) is 2. The fraction of sp³-hybridized carbons (Fsp3) is 0.235. The highest BCUT2D eigenvalue weighted by Crippen LogP contribution is 2.30. The minimum atomic E-state index is -3.69. The van der Waals surface area contributed by atoms with Gasteiger partial charge < -0.3 is 10.6 Å². The first kappa shape index (κ1) is 29.6. The predicted molar refractivity (Wildman–Crippen MR) is 172 cm³/mol. The molecule has 4 amide bonds. The summed E-state index contributed by atoms with van der Waals surface area (Å²) in [6.07, 6.45) is 3.64. The Bertz CT molecular complexity index is 1250. The standard InChI is InChI=1S/C34H40N4O2Si/c1-3-5-27-35-33(39)37(29-19-11-7-12-20-29)41(31-23-15-9-16-24-31,32-25-17-10-18-26-32)38(30-21-13-8-14-22-30)34(40)36-28-6-4-2/h7-26H,3-6,27-28H2,1-2H3,(H,35,39)(H,36,40). The molecule has 0 fully saturated rings. The van der Waals surface area contributed by atoms with Crippen molar-refractivity contribution in [1.29, 1.82) is 0 Å². The van der Waals surface area contributed by atoms with Crippen molar-refractivity contribution in [3.8, 4) is 0 Å². The molecule has 0 saturated heterocycles. The molecule has 0 aromatic heterocycles. The normalized spacial score (nSPS) is 11.0. The van der Waals surface area contributed by atoms with Gasteiger partial charge in [0.05, 0.1) is 0 Å². The van der Waals surface area contributed by atoms with Crippen molar-refractivity contribution >= 4 is 42.2 Å². The Morgan fingerprint density at radius 1 is 0.537 bits per heavy atom. The Balaban J connectivity index is 2.11. The molecule has 0 atom stereocenters. The summed E-state index contributed by atoms with van der Waals surface area (Å²) in [4.78, 5) is 29.0. The molecule has 0 heterocycles. The first-order chi connectivity index (χ1) is 20.1. The van der Waals surface area contributed by atoms with Crippen LogP contribution in [0.1, 0.15) is 39.5 Å². The highest BCUT2D eigenvalue weighted by atomic mass is 28.3. The molecule has 0 aliphatic heterocycles. The number of nitrogens with one attached hydrogen (secondary N) is 2. The van der Waals surface area contributed by atoms with Crippen LogP contribution in [-0.4, -0.2) is 33.5 Å². The van der Waals surface area contributed by atoms with Crippen LogP contribution in [-0.2, 0) is 0 Å². The van der Waals surface area contributed by atoms with Gasteiger partial charge in [0.2, 0.25) is 0 Å². The minimum Gasteiger partial charge on any atom is -0.338 e.